The van der Waals surface area contributed by atoms with Gasteiger partial charge in [-0.3, -0.25) is 19.4 Å². The molecule has 0 aromatic rings. The molecule has 5 nitrogen and oxygen atoms in total. The Labute approximate surface area is 108 Å². The molecule has 2 heterocycles. The highest BCUT2D eigenvalue weighted by Crippen LogP contribution is 2.22. The third-order valence-electron chi connectivity index (χ3n) is 4.14. The lowest BCUT2D eigenvalue weighted by Crippen LogP contribution is -2.49. The summed E-state index contributed by atoms with van der Waals surface area (Å²) in [5.74, 6) is 0.689. The van der Waals surface area contributed by atoms with Crippen LogP contribution in [0.1, 0.15) is 32.6 Å². The molecule has 5 heteroatoms. The van der Waals surface area contributed by atoms with E-state index in [1.807, 2.05) is 0 Å². The van der Waals surface area contributed by atoms with Crippen molar-refractivity contribution in [2.45, 2.75) is 38.6 Å². The van der Waals surface area contributed by atoms with E-state index in [0.29, 0.717) is 32.0 Å². The maximum atomic E-state index is 11.5. The van der Waals surface area contributed by atoms with Crippen molar-refractivity contribution in [3.8, 4) is 0 Å². The highest BCUT2D eigenvalue weighted by Gasteiger charge is 2.30. The van der Waals surface area contributed by atoms with E-state index >= 15 is 0 Å². The van der Waals surface area contributed by atoms with Gasteiger partial charge in [0.2, 0.25) is 11.8 Å². The average molecular weight is 253 g/mol. The highest BCUT2D eigenvalue weighted by molar-refractivity contribution is 6.01. The second kappa shape index (κ2) is 5.80. The first-order valence-corrected chi connectivity index (χ1v) is 6.89. The molecule has 0 spiro atoms. The number of nitrogens with zero attached hydrogens (tertiary/aromatic N) is 2. The number of carbonyl (C=O) groups excluding carboxylic acids is 2. The van der Waals surface area contributed by atoms with E-state index in [1.165, 1.54) is 11.3 Å². The van der Waals surface area contributed by atoms with E-state index in [-0.39, 0.29) is 11.8 Å². The van der Waals surface area contributed by atoms with Gasteiger partial charge in [-0.15, -0.1) is 0 Å². The zero-order valence-corrected chi connectivity index (χ0v) is 11.1. The Morgan fingerprint density at radius 2 is 1.89 bits per heavy atom. The van der Waals surface area contributed by atoms with Gasteiger partial charge in [0.05, 0.1) is 0 Å². The number of rotatable bonds is 4. The van der Waals surface area contributed by atoms with Crippen molar-refractivity contribution in [1.82, 2.24) is 9.80 Å². The van der Waals surface area contributed by atoms with Crippen LogP contribution in [0.15, 0.2) is 0 Å². The van der Waals surface area contributed by atoms with E-state index in [0.717, 1.165) is 25.4 Å². The van der Waals surface area contributed by atoms with Gasteiger partial charge in [-0.1, -0.05) is 6.92 Å². The fourth-order valence-corrected chi connectivity index (χ4v) is 2.94. The Kier molecular flexibility index (Phi) is 4.35. The SMILES string of the molecule is CC1CCN(CCN2C(=O)CCC2=O)C(CN)C1. The van der Waals surface area contributed by atoms with Crippen LogP contribution in [-0.4, -0.2) is 53.8 Å². The second-order valence-corrected chi connectivity index (χ2v) is 5.49. The van der Waals surface area contributed by atoms with E-state index in [2.05, 4.69) is 11.8 Å². The molecule has 0 saturated carbocycles. The van der Waals surface area contributed by atoms with Crippen LogP contribution < -0.4 is 5.73 Å². The van der Waals surface area contributed by atoms with Crippen LogP contribution in [0.4, 0.5) is 0 Å². The molecule has 2 saturated heterocycles. The molecule has 0 radical (unpaired) electrons. The van der Waals surface area contributed by atoms with Gasteiger partial charge in [0, 0.05) is 38.5 Å². The number of amides is 2. The van der Waals surface area contributed by atoms with Gasteiger partial charge in [0.25, 0.3) is 0 Å². The Bertz CT molecular complexity index is 316. The van der Waals surface area contributed by atoms with Crippen LogP contribution in [0, 0.1) is 5.92 Å². The third kappa shape index (κ3) is 2.90. The van der Waals surface area contributed by atoms with Crippen molar-refractivity contribution in [1.29, 1.82) is 0 Å². The van der Waals surface area contributed by atoms with Crippen LogP contribution >= 0.6 is 0 Å². The smallest absolute Gasteiger partial charge is 0.229 e. The molecule has 2 N–H and O–H groups in total. The fourth-order valence-electron chi connectivity index (χ4n) is 2.94. The highest BCUT2D eigenvalue weighted by atomic mass is 16.2. The summed E-state index contributed by atoms with van der Waals surface area (Å²) in [4.78, 5) is 26.8. The number of hydrogen-bond acceptors (Lipinski definition) is 4. The van der Waals surface area contributed by atoms with Crippen molar-refractivity contribution in [2.75, 3.05) is 26.2 Å². The zero-order chi connectivity index (χ0) is 13.1. The molecule has 18 heavy (non-hydrogen) atoms. The molecule has 2 atom stereocenters. The lowest BCUT2D eigenvalue weighted by Gasteiger charge is -2.38. The van der Waals surface area contributed by atoms with Crippen molar-refractivity contribution in [3.63, 3.8) is 0 Å². The number of carbonyl (C=O) groups is 2. The molecule has 0 bridgehead atoms. The van der Waals surface area contributed by atoms with Crippen molar-refractivity contribution >= 4 is 11.8 Å². The molecule has 2 unspecified atom stereocenters. The predicted molar refractivity (Wildman–Crippen MR) is 68.8 cm³/mol. The molecule has 2 fully saturated rings. The van der Waals surface area contributed by atoms with Gasteiger partial charge in [0.1, 0.15) is 0 Å². The maximum absolute atomic E-state index is 11.5. The minimum Gasteiger partial charge on any atom is -0.329 e. The number of imide groups is 1. The summed E-state index contributed by atoms with van der Waals surface area (Å²) in [7, 11) is 0. The van der Waals surface area contributed by atoms with Crippen LogP contribution in [0.5, 0.6) is 0 Å². The molecule has 2 aliphatic rings. The molecular formula is C13H23N3O2. The monoisotopic (exact) mass is 253 g/mol. The number of nitrogens with two attached hydrogens (primary N) is 1. The Morgan fingerprint density at radius 3 is 2.50 bits per heavy atom. The summed E-state index contributed by atoms with van der Waals surface area (Å²) in [6.07, 6.45) is 3.07. The maximum Gasteiger partial charge on any atom is 0.229 e. The van der Waals surface area contributed by atoms with E-state index in [9.17, 15) is 9.59 Å². The Morgan fingerprint density at radius 1 is 1.22 bits per heavy atom. The molecule has 102 valence electrons. The molecule has 2 rings (SSSR count). The molecule has 2 amide bonds. The fraction of sp³-hybridized carbons (Fsp3) is 0.846. The standard InChI is InChI=1S/C13H23N3O2/c1-10-4-5-15(11(8-10)9-14)6-7-16-12(17)2-3-13(16)18/h10-11H,2-9,14H2,1H3. The topological polar surface area (TPSA) is 66.6 Å². The van der Waals surface area contributed by atoms with Gasteiger partial charge >= 0.3 is 0 Å². The van der Waals surface area contributed by atoms with Crippen molar-refractivity contribution in [2.24, 2.45) is 11.7 Å². The third-order valence-corrected chi connectivity index (χ3v) is 4.14. The van der Waals surface area contributed by atoms with Crippen LogP contribution in [0.25, 0.3) is 0 Å². The quantitative estimate of drug-likeness (QED) is 0.727. The minimum atomic E-state index is -0.0188. The Balaban J connectivity index is 1.85. The molecule has 0 aromatic heterocycles. The van der Waals surface area contributed by atoms with Gasteiger partial charge in [-0.25, -0.2) is 0 Å². The summed E-state index contributed by atoms with van der Waals surface area (Å²) in [5, 5.41) is 0. The van der Waals surface area contributed by atoms with Gasteiger partial charge in [-0.05, 0) is 25.3 Å². The van der Waals surface area contributed by atoms with Crippen molar-refractivity contribution < 1.29 is 9.59 Å². The van der Waals surface area contributed by atoms with Gasteiger partial charge < -0.3 is 5.73 Å². The van der Waals surface area contributed by atoms with Crippen LogP contribution in [0.2, 0.25) is 0 Å². The first-order valence-electron chi connectivity index (χ1n) is 6.89. The normalized spacial score (nSPS) is 30.2. The van der Waals surface area contributed by atoms with Gasteiger partial charge in [0.15, 0.2) is 0 Å². The molecular weight excluding hydrogens is 230 g/mol. The number of hydrogen-bond donors (Lipinski definition) is 1. The van der Waals surface area contributed by atoms with Gasteiger partial charge in [-0.2, -0.15) is 0 Å². The summed E-state index contributed by atoms with van der Waals surface area (Å²) in [6.45, 7) is 5.24. The van der Waals surface area contributed by atoms with Crippen LogP contribution in [-0.2, 0) is 9.59 Å². The molecule has 0 aromatic carbocycles. The summed E-state index contributed by atoms with van der Waals surface area (Å²) in [5.41, 5.74) is 5.81. The number of piperidine rings is 1. The average Bonchev–Trinajstić information content (AvgIpc) is 2.68. The van der Waals surface area contributed by atoms with E-state index in [4.69, 9.17) is 5.73 Å². The number of likely N-dealkylation sites (tertiary alicyclic amines) is 2. The lowest BCUT2D eigenvalue weighted by atomic mass is 9.92. The first-order chi connectivity index (χ1) is 8.61. The largest absolute Gasteiger partial charge is 0.329 e. The van der Waals surface area contributed by atoms with Crippen molar-refractivity contribution in [3.05, 3.63) is 0 Å². The molecule has 0 aliphatic carbocycles. The molecule has 2 aliphatic heterocycles. The summed E-state index contributed by atoms with van der Waals surface area (Å²) < 4.78 is 0. The minimum absolute atomic E-state index is 0.0188. The second-order valence-electron chi connectivity index (χ2n) is 5.49. The summed E-state index contributed by atoms with van der Waals surface area (Å²) in [6, 6.07) is 0.404. The Hall–Kier alpha value is -0.940. The zero-order valence-electron chi connectivity index (χ0n) is 11.1. The van der Waals surface area contributed by atoms with E-state index in [1.54, 1.807) is 0 Å². The van der Waals surface area contributed by atoms with E-state index < -0.39 is 0 Å². The predicted octanol–water partition coefficient (Wildman–Crippen LogP) is 0.195. The lowest BCUT2D eigenvalue weighted by molar-refractivity contribution is -0.138. The first kappa shape index (κ1) is 13.5. The van der Waals surface area contributed by atoms with Crippen LogP contribution in [0.3, 0.4) is 0 Å². The summed E-state index contributed by atoms with van der Waals surface area (Å²) >= 11 is 0.